The third-order valence-electron chi connectivity index (χ3n) is 2.84. The van der Waals surface area contributed by atoms with Gasteiger partial charge in [0.25, 0.3) is 0 Å². The van der Waals surface area contributed by atoms with Crippen LogP contribution in [0.2, 0.25) is 5.02 Å². The largest absolute Gasteiger partial charge is 0.327 e. The third-order valence-corrected chi connectivity index (χ3v) is 3.68. The van der Waals surface area contributed by atoms with Gasteiger partial charge in [-0.2, -0.15) is 0 Å². The van der Waals surface area contributed by atoms with Crippen LogP contribution in [0.4, 0.5) is 0 Å². The Morgan fingerprint density at radius 3 is 2.89 bits per heavy atom. The van der Waals surface area contributed by atoms with Gasteiger partial charge in [0, 0.05) is 22.2 Å². The molecule has 5 heteroatoms. The van der Waals surface area contributed by atoms with Gasteiger partial charge in [-0.1, -0.05) is 33.6 Å². The molecule has 0 unspecified atom stereocenters. The summed E-state index contributed by atoms with van der Waals surface area (Å²) < 4.78 is 3.17. The average molecular weight is 329 g/mol. The first-order valence-electron chi connectivity index (χ1n) is 5.71. The molecular formula is C13H15BrClN3. The van der Waals surface area contributed by atoms with E-state index in [0.717, 1.165) is 39.7 Å². The number of rotatable bonds is 4. The topological polar surface area (TPSA) is 29.9 Å². The van der Waals surface area contributed by atoms with Crippen molar-refractivity contribution in [3.8, 4) is 0 Å². The minimum Gasteiger partial charge on any atom is -0.327 e. The van der Waals surface area contributed by atoms with Gasteiger partial charge in [-0.3, -0.25) is 0 Å². The summed E-state index contributed by atoms with van der Waals surface area (Å²) in [6.45, 7) is 3.55. The molecule has 96 valence electrons. The second-order valence-electron chi connectivity index (χ2n) is 4.15. The van der Waals surface area contributed by atoms with Crippen LogP contribution >= 0.6 is 27.5 Å². The van der Waals surface area contributed by atoms with Crippen molar-refractivity contribution in [2.75, 3.05) is 7.05 Å². The summed E-state index contributed by atoms with van der Waals surface area (Å²) in [6.07, 6.45) is 1.90. The maximum absolute atomic E-state index is 6.25. The molecule has 1 aromatic carbocycles. The van der Waals surface area contributed by atoms with Crippen LogP contribution < -0.4 is 5.32 Å². The molecule has 0 aliphatic rings. The summed E-state index contributed by atoms with van der Waals surface area (Å²) >= 11 is 9.66. The van der Waals surface area contributed by atoms with E-state index in [9.17, 15) is 0 Å². The molecule has 1 heterocycles. The molecule has 0 saturated heterocycles. The van der Waals surface area contributed by atoms with Gasteiger partial charge >= 0.3 is 0 Å². The zero-order valence-corrected chi connectivity index (χ0v) is 12.7. The molecule has 3 nitrogen and oxygen atoms in total. The maximum Gasteiger partial charge on any atom is 0.106 e. The Kier molecular flexibility index (Phi) is 4.43. The number of benzene rings is 1. The Balaban J connectivity index is 2.30. The standard InChI is InChI=1S/C13H15BrClN3/c1-9-17-7-12(6-16-2)18(9)8-10-3-4-11(14)5-13(10)15/h3-5,7,16H,6,8H2,1-2H3. The lowest BCUT2D eigenvalue weighted by molar-refractivity contribution is 0.676. The first kappa shape index (κ1) is 13.6. The number of aromatic nitrogens is 2. The van der Waals surface area contributed by atoms with Gasteiger partial charge in [-0.15, -0.1) is 0 Å². The van der Waals surface area contributed by atoms with E-state index in [2.05, 4.69) is 30.8 Å². The van der Waals surface area contributed by atoms with E-state index in [1.165, 1.54) is 0 Å². The highest BCUT2D eigenvalue weighted by Gasteiger charge is 2.08. The van der Waals surface area contributed by atoms with E-state index in [0.29, 0.717) is 0 Å². The van der Waals surface area contributed by atoms with Crippen LogP contribution in [-0.4, -0.2) is 16.6 Å². The molecule has 0 atom stereocenters. The van der Waals surface area contributed by atoms with Gasteiger partial charge in [0.05, 0.1) is 12.2 Å². The summed E-state index contributed by atoms with van der Waals surface area (Å²) in [5.41, 5.74) is 2.26. The van der Waals surface area contributed by atoms with Crippen molar-refractivity contribution in [2.45, 2.75) is 20.0 Å². The van der Waals surface area contributed by atoms with E-state index in [1.807, 2.05) is 38.4 Å². The number of imidazole rings is 1. The Labute approximate surface area is 120 Å². The number of nitrogens with one attached hydrogen (secondary N) is 1. The highest BCUT2D eigenvalue weighted by molar-refractivity contribution is 9.10. The van der Waals surface area contributed by atoms with Crippen LogP contribution in [0.5, 0.6) is 0 Å². The first-order chi connectivity index (χ1) is 8.61. The van der Waals surface area contributed by atoms with Crippen molar-refractivity contribution in [3.63, 3.8) is 0 Å². The molecule has 0 amide bonds. The lowest BCUT2D eigenvalue weighted by Crippen LogP contribution is -2.13. The number of hydrogen-bond acceptors (Lipinski definition) is 2. The second-order valence-corrected chi connectivity index (χ2v) is 5.47. The summed E-state index contributed by atoms with van der Waals surface area (Å²) in [7, 11) is 1.93. The number of halogens is 2. The second kappa shape index (κ2) is 5.87. The molecule has 0 radical (unpaired) electrons. The average Bonchev–Trinajstić information content (AvgIpc) is 2.65. The third kappa shape index (κ3) is 2.94. The lowest BCUT2D eigenvalue weighted by atomic mass is 10.2. The lowest BCUT2D eigenvalue weighted by Gasteiger charge is -2.11. The summed E-state index contributed by atoms with van der Waals surface area (Å²) in [6, 6.07) is 5.96. The minimum atomic E-state index is 0.745. The van der Waals surface area contributed by atoms with Crippen molar-refractivity contribution in [3.05, 3.63) is 51.0 Å². The minimum absolute atomic E-state index is 0.745. The molecule has 0 aliphatic heterocycles. The normalized spacial score (nSPS) is 10.9. The highest BCUT2D eigenvalue weighted by atomic mass is 79.9. The number of hydrogen-bond donors (Lipinski definition) is 1. The molecule has 0 saturated carbocycles. The quantitative estimate of drug-likeness (QED) is 0.932. The molecule has 1 N–H and O–H groups in total. The van der Waals surface area contributed by atoms with Crippen LogP contribution in [0.25, 0.3) is 0 Å². The van der Waals surface area contributed by atoms with Gasteiger partial charge in [0.1, 0.15) is 5.82 Å². The fourth-order valence-corrected chi connectivity index (χ4v) is 2.61. The van der Waals surface area contributed by atoms with Crippen molar-refractivity contribution in [1.82, 2.24) is 14.9 Å². The molecule has 0 spiro atoms. The smallest absolute Gasteiger partial charge is 0.106 e. The number of aryl methyl sites for hydroxylation is 1. The Bertz CT molecular complexity index is 551. The summed E-state index contributed by atoms with van der Waals surface area (Å²) in [5, 5.41) is 3.92. The van der Waals surface area contributed by atoms with Crippen molar-refractivity contribution < 1.29 is 0 Å². The van der Waals surface area contributed by atoms with Gasteiger partial charge in [-0.05, 0) is 31.7 Å². The van der Waals surface area contributed by atoms with Crippen LogP contribution in [-0.2, 0) is 13.1 Å². The van der Waals surface area contributed by atoms with Gasteiger partial charge in [-0.25, -0.2) is 4.98 Å². The van der Waals surface area contributed by atoms with Crippen molar-refractivity contribution in [1.29, 1.82) is 0 Å². The molecule has 18 heavy (non-hydrogen) atoms. The van der Waals surface area contributed by atoms with Crippen LogP contribution in [0.1, 0.15) is 17.1 Å². The Morgan fingerprint density at radius 2 is 2.22 bits per heavy atom. The van der Waals surface area contributed by atoms with Gasteiger partial charge < -0.3 is 9.88 Å². The van der Waals surface area contributed by atoms with Crippen LogP contribution in [0.15, 0.2) is 28.9 Å². The van der Waals surface area contributed by atoms with E-state index in [1.54, 1.807) is 0 Å². The predicted molar refractivity (Wildman–Crippen MR) is 78.0 cm³/mol. The monoisotopic (exact) mass is 327 g/mol. The van der Waals surface area contributed by atoms with Crippen LogP contribution in [0.3, 0.4) is 0 Å². The van der Waals surface area contributed by atoms with Gasteiger partial charge in [0.2, 0.25) is 0 Å². The van der Waals surface area contributed by atoms with Gasteiger partial charge in [0.15, 0.2) is 0 Å². The summed E-state index contributed by atoms with van der Waals surface area (Å²) in [5.74, 6) is 0.999. The fraction of sp³-hybridized carbons (Fsp3) is 0.308. The van der Waals surface area contributed by atoms with E-state index < -0.39 is 0 Å². The van der Waals surface area contributed by atoms with Crippen molar-refractivity contribution in [2.24, 2.45) is 0 Å². The van der Waals surface area contributed by atoms with E-state index in [4.69, 9.17) is 11.6 Å². The predicted octanol–water partition coefficient (Wildman–Crippen LogP) is 3.38. The van der Waals surface area contributed by atoms with Crippen molar-refractivity contribution >= 4 is 27.5 Å². The zero-order chi connectivity index (χ0) is 13.1. The molecule has 0 fully saturated rings. The Morgan fingerprint density at radius 1 is 1.44 bits per heavy atom. The molecular weight excluding hydrogens is 314 g/mol. The fourth-order valence-electron chi connectivity index (χ4n) is 1.87. The SMILES string of the molecule is CNCc1cnc(C)n1Cc1ccc(Br)cc1Cl. The van der Waals surface area contributed by atoms with E-state index >= 15 is 0 Å². The summed E-state index contributed by atoms with van der Waals surface area (Å²) in [4.78, 5) is 4.35. The Hall–Kier alpha value is -0.840. The molecule has 0 bridgehead atoms. The zero-order valence-electron chi connectivity index (χ0n) is 10.4. The van der Waals surface area contributed by atoms with E-state index in [-0.39, 0.29) is 0 Å². The molecule has 1 aromatic heterocycles. The maximum atomic E-state index is 6.25. The van der Waals surface area contributed by atoms with Crippen LogP contribution in [0, 0.1) is 6.92 Å². The number of nitrogens with zero attached hydrogens (tertiary/aromatic N) is 2. The molecule has 2 aromatic rings. The molecule has 2 rings (SSSR count). The molecule has 0 aliphatic carbocycles. The first-order valence-corrected chi connectivity index (χ1v) is 6.88. The highest BCUT2D eigenvalue weighted by Crippen LogP contribution is 2.23.